The number of carbonyl (C=O) groups excluding carboxylic acids is 1. The van der Waals surface area contributed by atoms with E-state index in [9.17, 15) is 4.79 Å². The second kappa shape index (κ2) is 5.66. The monoisotopic (exact) mass is 245 g/mol. The molecule has 98 valence electrons. The van der Waals surface area contributed by atoms with E-state index in [1.165, 1.54) is 0 Å². The molecule has 1 aliphatic heterocycles. The molecule has 0 amide bonds. The average molecular weight is 245 g/mol. The van der Waals surface area contributed by atoms with E-state index < -0.39 is 0 Å². The van der Waals surface area contributed by atoms with Crippen LogP contribution in [0.15, 0.2) is 24.3 Å². The van der Waals surface area contributed by atoms with Crippen molar-refractivity contribution in [3.05, 3.63) is 35.4 Å². The Morgan fingerprint density at radius 3 is 2.89 bits per heavy atom. The van der Waals surface area contributed by atoms with Gasteiger partial charge in [-0.3, -0.25) is 4.79 Å². The van der Waals surface area contributed by atoms with Gasteiger partial charge >= 0.3 is 0 Å². The molecule has 1 atom stereocenters. The molecule has 18 heavy (non-hydrogen) atoms. The quantitative estimate of drug-likeness (QED) is 0.824. The van der Waals surface area contributed by atoms with E-state index >= 15 is 0 Å². The average Bonchev–Trinajstić information content (AvgIpc) is 2.39. The summed E-state index contributed by atoms with van der Waals surface area (Å²) >= 11 is 0. The molecular formula is C16H23NO. The van der Waals surface area contributed by atoms with Crippen molar-refractivity contribution in [2.24, 2.45) is 5.41 Å². The zero-order valence-electron chi connectivity index (χ0n) is 11.5. The van der Waals surface area contributed by atoms with Crippen molar-refractivity contribution in [2.75, 3.05) is 13.1 Å². The molecule has 2 heteroatoms. The van der Waals surface area contributed by atoms with Gasteiger partial charge < -0.3 is 5.32 Å². The lowest BCUT2D eigenvalue weighted by Crippen LogP contribution is -2.45. The Labute approximate surface area is 110 Å². The highest BCUT2D eigenvalue weighted by Crippen LogP contribution is 2.35. The molecule has 0 aliphatic carbocycles. The van der Waals surface area contributed by atoms with Gasteiger partial charge in [-0.25, -0.2) is 0 Å². The summed E-state index contributed by atoms with van der Waals surface area (Å²) in [4.78, 5) is 12.8. The first-order valence-electron chi connectivity index (χ1n) is 7.00. The summed E-state index contributed by atoms with van der Waals surface area (Å²) in [5, 5.41) is 3.40. The van der Waals surface area contributed by atoms with E-state index in [1.807, 2.05) is 31.2 Å². The molecule has 1 unspecified atom stereocenters. The normalized spacial score (nSPS) is 23.9. The number of rotatable bonds is 4. The second-order valence-corrected chi connectivity index (χ2v) is 5.51. The molecule has 1 saturated heterocycles. The molecule has 1 heterocycles. The SMILES string of the molecule is CCCC1(C(=O)c2cccc(C)c2)CCCNC1. The molecule has 0 radical (unpaired) electrons. The summed E-state index contributed by atoms with van der Waals surface area (Å²) in [7, 11) is 0. The first kappa shape index (κ1) is 13.3. The fourth-order valence-electron chi connectivity index (χ4n) is 3.06. The summed E-state index contributed by atoms with van der Waals surface area (Å²) in [6.45, 7) is 6.10. The molecule has 0 saturated carbocycles. The Morgan fingerprint density at radius 1 is 1.44 bits per heavy atom. The highest BCUT2D eigenvalue weighted by molar-refractivity contribution is 6.00. The maximum absolute atomic E-state index is 12.8. The van der Waals surface area contributed by atoms with Crippen LogP contribution in [0.25, 0.3) is 0 Å². The number of benzene rings is 1. The molecular weight excluding hydrogens is 222 g/mol. The molecule has 0 spiro atoms. The van der Waals surface area contributed by atoms with E-state index in [0.29, 0.717) is 5.78 Å². The number of aryl methyl sites for hydroxylation is 1. The number of hydrogen-bond acceptors (Lipinski definition) is 2. The third-order valence-electron chi connectivity index (χ3n) is 3.96. The Kier molecular flexibility index (Phi) is 4.18. The number of piperidine rings is 1. The molecule has 1 aromatic rings. The van der Waals surface area contributed by atoms with Crippen LogP contribution in [0.5, 0.6) is 0 Å². The number of ketones is 1. The summed E-state index contributed by atoms with van der Waals surface area (Å²) < 4.78 is 0. The van der Waals surface area contributed by atoms with Gasteiger partial charge in [-0.2, -0.15) is 0 Å². The Hall–Kier alpha value is -1.15. The maximum Gasteiger partial charge on any atom is 0.170 e. The lowest BCUT2D eigenvalue weighted by atomic mass is 9.71. The number of hydrogen-bond donors (Lipinski definition) is 1. The molecule has 1 aliphatic rings. The van der Waals surface area contributed by atoms with Crippen LogP contribution in [0, 0.1) is 12.3 Å². The molecule has 2 rings (SSSR count). The van der Waals surface area contributed by atoms with E-state index in [4.69, 9.17) is 0 Å². The zero-order valence-corrected chi connectivity index (χ0v) is 11.5. The standard InChI is InChI=1S/C16H23NO/c1-3-8-16(9-5-10-17-12-16)15(18)14-7-4-6-13(2)11-14/h4,6-7,11,17H,3,5,8-10,12H2,1-2H3. The van der Waals surface area contributed by atoms with Gasteiger partial charge in [-0.1, -0.05) is 37.1 Å². The zero-order chi connectivity index (χ0) is 13.0. The smallest absolute Gasteiger partial charge is 0.170 e. The third kappa shape index (κ3) is 2.64. The predicted molar refractivity (Wildman–Crippen MR) is 75.0 cm³/mol. The third-order valence-corrected chi connectivity index (χ3v) is 3.96. The van der Waals surface area contributed by atoms with Gasteiger partial charge in [0, 0.05) is 17.5 Å². The van der Waals surface area contributed by atoms with Crippen LogP contribution < -0.4 is 5.32 Å². The van der Waals surface area contributed by atoms with Gasteiger partial charge in [0.05, 0.1) is 0 Å². The summed E-state index contributed by atoms with van der Waals surface area (Å²) in [5.41, 5.74) is 1.88. The summed E-state index contributed by atoms with van der Waals surface area (Å²) in [5.74, 6) is 0.334. The van der Waals surface area contributed by atoms with Crippen LogP contribution in [0.4, 0.5) is 0 Å². The largest absolute Gasteiger partial charge is 0.316 e. The van der Waals surface area contributed by atoms with Crippen molar-refractivity contribution in [3.8, 4) is 0 Å². The highest BCUT2D eigenvalue weighted by atomic mass is 16.1. The maximum atomic E-state index is 12.8. The first-order chi connectivity index (χ1) is 8.68. The van der Waals surface area contributed by atoms with Gasteiger partial charge in [0.15, 0.2) is 5.78 Å². The Balaban J connectivity index is 2.28. The van der Waals surface area contributed by atoms with Crippen LogP contribution in [0.1, 0.15) is 48.5 Å². The van der Waals surface area contributed by atoms with Crippen molar-refractivity contribution < 1.29 is 4.79 Å². The van der Waals surface area contributed by atoms with Crippen molar-refractivity contribution in [1.82, 2.24) is 5.32 Å². The van der Waals surface area contributed by atoms with Crippen LogP contribution in [0.2, 0.25) is 0 Å². The second-order valence-electron chi connectivity index (χ2n) is 5.51. The molecule has 0 aromatic heterocycles. The van der Waals surface area contributed by atoms with Crippen molar-refractivity contribution in [3.63, 3.8) is 0 Å². The number of nitrogens with one attached hydrogen (secondary N) is 1. The lowest BCUT2D eigenvalue weighted by molar-refractivity contribution is 0.0718. The van der Waals surface area contributed by atoms with Gasteiger partial charge in [-0.15, -0.1) is 0 Å². The Morgan fingerprint density at radius 2 is 2.28 bits per heavy atom. The molecule has 1 N–H and O–H groups in total. The van der Waals surface area contributed by atoms with Gasteiger partial charge in [0.2, 0.25) is 0 Å². The molecule has 1 fully saturated rings. The lowest BCUT2D eigenvalue weighted by Gasteiger charge is -2.36. The topological polar surface area (TPSA) is 29.1 Å². The van der Waals surface area contributed by atoms with Crippen LogP contribution in [-0.2, 0) is 0 Å². The van der Waals surface area contributed by atoms with Crippen molar-refractivity contribution >= 4 is 5.78 Å². The van der Waals surface area contributed by atoms with Crippen LogP contribution >= 0.6 is 0 Å². The fraction of sp³-hybridized carbons (Fsp3) is 0.562. The van der Waals surface area contributed by atoms with E-state index in [1.54, 1.807) is 0 Å². The predicted octanol–water partition coefficient (Wildman–Crippen LogP) is 3.35. The van der Waals surface area contributed by atoms with E-state index in [2.05, 4.69) is 12.2 Å². The minimum Gasteiger partial charge on any atom is -0.316 e. The van der Waals surface area contributed by atoms with E-state index in [0.717, 1.165) is 49.9 Å². The minimum absolute atomic E-state index is 0.166. The minimum atomic E-state index is -0.166. The van der Waals surface area contributed by atoms with Crippen LogP contribution in [-0.4, -0.2) is 18.9 Å². The van der Waals surface area contributed by atoms with E-state index in [-0.39, 0.29) is 5.41 Å². The molecule has 0 bridgehead atoms. The van der Waals surface area contributed by atoms with Crippen molar-refractivity contribution in [2.45, 2.75) is 39.5 Å². The van der Waals surface area contributed by atoms with Crippen molar-refractivity contribution in [1.29, 1.82) is 0 Å². The summed E-state index contributed by atoms with van der Waals surface area (Å²) in [6.07, 6.45) is 4.20. The Bertz CT molecular complexity index is 413. The molecule has 2 nitrogen and oxygen atoms in total. The number of carbonyl (C=O) groups is 1. The fourth-order valence-corrected chi connectivity index (χ4v) is 3.06. The highest BCUT2D eigenvalue weighted by Gasteiger charge is 2.38. The first-order valence-corrected chi connectivity index (χ1v) is 7.00. The van der Waals surface area contributed by atoms with Gasteiger partial charge in [0.25, 0.3) is 0 Å². The number of Topliss-reactive ketones (excluding diaryl/α,β-unsaturated/α-hetero) is 1. The summed E-state index contributed by atoms with van der Waals surface area (Å²) in [6, 6.07) is 8.01. The van der Waals surface area contributed by atoms with Gasteiger partial charge in [0.1, 0.15) is 0 Å². The molecule has 1 aromatic carbocycles. The van der Waals surface area contributed by atoms with Gasteiger partial charge in [-0.05, 0) is 38.8 Å². The van der Waals surface area contributed by atoms with Crippen LogP contribution in [0.3, 0.4) is 0 Å².